The van der Waals surface area contributed by atoms with Crippen LogP contribution < -0.4 is 5.32 Å². The highest BCUT2D eigenvalue weighted by Crippen LogP contribution is 2.57. The molecule has 0 radical (unpaired) electrons. The molecule has 0 aliphatic heterocycles. The zero-order valence-electron chi connectivity index (χ0n) is 10.3. The second-order valence-electron chi connectivity index (χ2n) is 3.29. The minimum Gasteiger partial charge on any atom is -0.327 e. The molecule has 0 aliphatic rings. The van der Waals surface area contributed by atoms with Gasteiger partial charge >= 0.3 is 25.9 Å². The fourth-order valence-corrected chi connectivity index (χ4v) is 2.82. The van der Waals surface area contributed by atoms with E-state index in [0.29, 0.717) is 5.32 Å². The molecule has 0 rings (SSSR count). The molecular weight excluding hydrogens is 319 g/mol. The summed E-state index contributed by atoms with van der Waals surface area (Å²) in [5.74, 6) is -6.29. The molecule has 20 heavy (non-hydrogen) atoms. The van der Waals surface area contributed by atoms with E-state index in [0.717, 1.165) is 0 Å². The SMILES string of the molecule is CCOP(=O)(OCC)[C@@H](NC(=O)C(F)(F)F)C(F)(F)F. The van der Waals surface area contributed by atoms with E-state index in [4.69, 9.17) is 0 Å². The van der Waals surface area contributed by atoms with Crippen molar-refractivity contribution >= 4 is 13.5 Å². The first kappa shape index (κ1) is 19.2. The molecule has 5 nitrogen and oxygen atoms in total. The van der Waals surface area contributed by atoms with Gasteiger partial charge in [-0.2, -0.15) is 26.3 Å². The Bertz CT molecular complexity index is 372. The highest BCUT2D eigenvalue weighted by molar-refractivity contribution is 7.54. The van der Waals surface area contributed by atoms with Gasteiger partial charge in [0.05, 0.1) is 13.2 Å². The van der Waals surface area contributed by atoms with E-state index < -0.39 is 44.9 Å². The van der Waals surface area contributed by atoms with Gasteiger partial charge in [-0.3, -0.25) is 9.36 Å². The highest BCUT2D eigenvalue weighted by Gasteiger charge is 2.57. The monoisotopic (exact) mass is 331 g/mol. The smallest absolute Gasteiger partial charge is 0.327 e. The van der Waals surface area contributed by atoms with Gasteiger partial charge in [0.15, 0.2) is 0 Å². The number of amides is 1. The highest BCUT2D eigenvalue weighted by atomic mass is 31.2. The van der Waals surface area contributed by atoms with Crippen molar-refractivity contribution < 1.29 is 44.7 Å². The summed E-state index contributed by atoms with van der Waals surface area (Å²) in [7, 11) is -5.03. The van der Waals surface area contributed by atoms with E-state index in [1.54, 1.807) is 0 Å². The van der Waals surface area contributed by atoms with Crippen molar-refractivity contribution in [1.29, 1.82) is 0 Å². The predicted octanol–water partition coefficient (Wildman–Crippen LogP) is 2.82. The van der Waals surface area contributed by atoms with Crippen molar-refractivity contribution in [3.8, 4) is 0 Å². The Kier molecular flexibility index (Phi) is 6.50. The quantitative estimate of drug-likeness (QED) is 0.600. The number of halogens is 6. The number of carbonyl (C=O) groups is 1. The molecule has 1 atom stereocenters. The molecule has 0 fully saturated rings. The normalized spacial score (nSPS) is 15.0. The third kappa shape index (κ3) is 5.29. The Balaban J connectivity index is 5.45. The molecule has 12 heteroatoms. The van der Waals surface area contributed by atoms with Crippen LogP contribution in [-0.4, -0.2) is 37.3 Å². The average Bonchev–Trinajstić information content (AvgIpc) is 2.22. The number of hydrogen-bond donors (Lipinski definition) is 1. The molecule has 1 N–H and O–H groups in total. The molecule has 0 bridgehead atoms. The van der Waals surface area contributed by atoms with Crippen molar-refractivity contribution in [2.75, 3.05) is 13.2 Å². The summed E-state index contributed by atoms with van der Waals surface area (Å²) in [5.41, 5.74) is 0. The number of carbonyl (C=O) groups excluding carboxylic acids is 1. The molecule has 0 aromatic heterocycles. The van der Waals surface area contributed by atoms with Gasteiger partial charge in [-0.1, -0.05) is 0 Å². The molecule has 0 aliphatic carbocycles. The third-order valence-corrected chi connectivity index (χ3v) is 4.06. The van der Waals surface area contributed by atoms with Gasteiger partial charge < -0.3 is 14.4 Å². The van der Waals surface area contributed by atoms with Crippen molar-refractivity contribution in [2.45, 2.75) is 32.0 Å². The molecule has 1 amide bonds. The Morgan fingerprint density at radius 2 is 1.50 bits per heavy atom. The van der Waals surface area contributed by atoms with Gasteiger partial charge in [0, 0.05) is 0 Å². The van der Waals surface area contributed by atoms with Crippen molar-refractivity contribution in [3.63, 3.8) is 0 Å². The molecule has 0 unspecified atom stereocenters. The molecule has 0 saturated carbocycles. The summed E-state index contributed by atoms with van der Waals surface area (Å²) in [4.78, 5) is 10.6. The van der Waals surface area contributed by atoms with Crippen LogP contribution >= 0.6 is 7.60 Å². The molecule has 120 valence electrons. The first-order valence-corrected chi connectivity index (χ1v) is 6.82. The van der Waals surface area contributed by atoms with Crippen LogP contribution in [0.2, 0.25) is 0 Å². The standard InChI is InChI=1S/C8H12F6NO4P/c1-3-18-20(17,19-4-2)6(8(12,13)14)15-5(16)7(9,10)11/h6H,3-4H2,1-2H3,(H,15,16)/t6-/m1/s1. The fourth-order valence-electron chi connectivity index (χ4n) is 1.09. The van der Waals surface area contributed by atoms with Crippen LogP contribution in [0.3, 0.4) is 0 Å². The summed E-state index contributed by atoms with van der Waals surface area (Å²) in [6.45, 7) is 1.33. The van der Waals surface area contributed by atoms with Gasteiger partial charge in [-0.05, 0) is 13.8 Å². The number of rotatable bonds is 6. The summed E-state index contributed by atoms with van der Waals surface area (Å²) >= 11 is 0. The first-order valence-electron chi connectivity index (χ1n) is 5.21. The number of nitrogens with one attached hydrogen (secondary N) is 1. The Morgan fingerprint density at radius 3 is 1.75 bits per heavy atom. The van der Waals surface area contributed by atoms with E-state index in [1.165, 1.54) is 13.8 Å². The van der Waals surface area contributed by atoms with E-state index in [9.17, 15) is 35.7 Å². The van der Waals surface area contributed by atoms with Crippen LogP contribution in [0.1, 0.15) is 13.8 Å². The zero-order chi connectivity index (χ0) is 16.2. The molecule has 0 heterocycles. The molecule has 0 saturated heterocycles. The number of alkyl halides is 6. The molecule has 0 aromatic carbocycles. The van der Waals surface area contributed by atoms with Crippen LogP contribution in [0.4, 0.5) is 26.3 Å². The fraction of sp³-hybridized carbons (Fsp3) is 0.875. The maximum Gasteiger partial charge on any atom is 0.471 e. The second kappa shape index (κ2) is 6.77. The Labute approximate surface area is 110 Å². The van der Waals surface area contributed by atoms with Crippen LogP contribution in [0.25, 0.3) is 0 Å². The summed E-state index contributed by atoms with van der Waals surface area (Å²) < 4.78 is 94.6. The van der Waals surface area contributed by atoms with Crippen LogP contribution in [-0.2, 0) is 18.4 Å². The minimum absolute atomic E-state index is 0.508. The van der Waals surface area contributed by atoms with Crippen molar-refractivity contribution in [2.24, 2.45) is 0 Å². The van der Waals surface area contributed by atoms with Gasteiger partial charge in [-0.15, -0.1) is 0 Å². The minimum atomic E-state index is -5.56. The maximum absolute atomic E-state index is 12.7. The Hall–Kier alpha value is -0.800. The second-order valence-corrected chi connectivity index (χ2v) is 5.40. The molecule has 0 spiro atoms. The predicted molar refractivity (Wildman–Crippen MR) is 54.9 cm³/mol. The van der Waals surface area contributed by atoms with Crippen LogP contribution in [0.5, 0.6) is 0 Å². The number of hydrogen-bond acceptors (Lipinski definition) is 4. The summed E-state index contributed by atoms with van der Waals surface area (Å²) in [6, 6.07) is 0. The molecular formula is C8H12F6NO4P. The average molecular weight is 331 g/mol. The van der Waals surface area contributed by atoms with E-state index in [1.807, 2.05) is 0 Å². The van der Waals surface area contributed by atoms with E-state index in [-0.39, 0.29) is 0 Å². The molecule has 0 aromatic rings. The van der Waals surface area contributed by atoms with Crippen LogP contribution in [0, 0.1) is 0 Å². The largest absolute Gasteiger partial charge is 0.471 e. The van der Waals surface area contributed by atoms with Crippen LogP contribution in [0.15, 0.2) is 0 Å². The van der Waals surface area contributed by atoms with E-state index >= 15 is 0 Å². The van der Waals surface area contributed by atoms with Crippen molar-refractivity contribution in [3.05, 3.63) is 0 Å². The zero-order valence-corrected chi connectivity index (χ0v) is 11.2. The lowest BCUT2D eigenvalue weighted by molar-refractivity contribution is -0.182. The van der Waals surface area contributed by atoms with Crippen molar-refractivity contribution in [1.82, 2.24) is 5.32 Å². The lowest BCUT2D eigenvalue weighted by Gasteiger charge is -2.28. The summed E-state index contributed by atoms with van der Waals surface area (Å²) in [6.07, 6.45) is -11.0. The maximum atomic E-state index is 12.7. The topological polar surface area (TPSA) is 64.6 Å². The Morgan fingerprint density at radius 1 is 1.10 bits per heavy atom. The third-order valence-electron chi connectivity index (χ3n) is 1.77. The van der Waals surface area contributed by atoms with Gasteiger partial charge in [0.25, 0.3) is 0 Å². The van der Waals surface area contributed by atoms with Gasteiger partial charge in [-0.25, -0.2) is 0 Å². The van der Waals surface area contributed by atoms with Gasteiger partial charge in [0.1, 0.15) is 0 Å². The first-order chi connectivity index (χ1) is 8.88. The van der Waals surface area contributed by atoms with E-state index in [2.05, 4.69) is 9.05 Å². The lowest BCUT2D eigenvalue weighted by Crippen LogP contribution is -2.50. The summed E-state index contributed by atoms with van der Waals surface area (Å²) in [5, 5.41) is 0.605. The van der Waals surface area contributed by atoms with Gasteiger partial charge in [0.2, 0.25) is 5.78 Å². The lowest BCUT2D eigenvalue weighted by atomic mass is 10.5.